The van der Waals surface area contributed by atoms with Crippen molar-refractivity contribution in [3.8, 4) is 0 Å². The van der Waals surface area contributed by atoms with Crippen LogP contribution in [0.5, 0.6) is 0 Å². The average molecular weight is 366 g/mol. The number of hydrogen-bond donors (Lipinski definition) is 2. The minimum Gasteiger partial charge on any atom is -0.475 e. The van der Waals surface area contributed by atoms with Gasteiger partial charge in [-0.3, -0.25) is 9.79 Å². The first-order valence-electron chi connectivity index (χ1n) is 9.07. The van der Waals surface area contributed by atoms with E-state index in [9.17, 15) is 9.59 Å². The van der Waals surface area contributed by atoms with Crippen LogP contribution in [0.15, 0.2) is 35.5 Å². The number of ketones is 1. The maximum absolute atomic E-state index is 11.3. The molecule has 0 aliphatic carbocycles. The number of nitrogens with one attached hydrogen (secondary N) is 1. The Balaban J connectivity index is 1.61. The minimum atomic E-state index is -1.47. The molecule has 1 aliphatic rings. The molecule has 1 aromatic heterocycles. The Morgan fingerprint density at radius 2 is 2.11 bits per heavy atom. The second kappa shape index (κ2) is 9.02. The number of hydrogen-bond acceptors (Lipinski definition) is 6. The quantitative estimate of drug-likeness (QED) is 0.761. The molecule has 0 unspecified atom stereocenters. The van der Waals surface area contributed by atoms with Gasteiger partial charge >= 0.3 is 5.97 Å². The van der Waals surface area contributed by atoms with Crippen molar-refractivity contribution >= 4 is 34.6 Å². The van der Waals surface area contributed by atoms with Gasteiger partial charge in [0, 0.05) is 31.1 Å². The molecule has 0 amide bonds. The van der Waals surface area contributed by atoms with Crippen LogP contribution in [0.25, 0.3) is 17.0 Å². The standard InChI is InChI=1S/C20H22N4O3/c25-17(20(26)27)12-19-23-13-15-11-14(7-8-16(15)24-19)5-4-10-22-18-6-2-1-3-9-21-18/h4-5,7-8,11,13H,1-3,6,9-10,12H2,(H,21,22)(H,26,27)/b5-4+. The molecule has 2 N–H and O–H groups in total. The lowest BCUT2D eigenvalue weighted by Crippen LogP contribution is -2.23. The Morgan fingerprint density at radius 1 is 1.22 bits per heavy atom. The van der Waals surface area contributed by atoms with Crippen molar-refractivity contribution < 1.29 is 14.7 Å². The SMILES string of the molecule is O=C(O)C(=O)Cc1ncc2cc(/C=C/CNC3=NCCCCC3)ccc2n1. The van der Waals surface area contributed by atoms with Crippen LogP contribution in [-0.4, -0.2) is 45.8 Å². The summed E-state index contributed by atoms with van der Waals surface area (Å²) in [5.74, 6) is -1.08. The van der Waals surface area contributed by atoms with Crippen LogP contribution >= 0.6 is 0 Å². The number of aliphatic imine (C=N–C) groups is 1. The topological polar surface area (TPSA) is 105 Å². The maximum Gasteiger partial charge on any atom is 0.372 e. The number of aromatic nitrogens is 2. The predicted molar refractivity (Wildman–Crippen MR) is 104 cm³/mol. The predicted octanol–water partition coefficient (Wildman–Crippen LogP) is 2.40. The Hall–Kier alpha value is -3.09. The number of carbonyl (C=O) groups is 2. The van der Waals surface area contributed by atoms with Crippen molar-refractivity contribution in [3.63, 3.8) is 0 Å². The molecule has 0 atom stereocenters. The second-order valence-corrected chi connectivity index (χ2v) is 6.43. The van der Waals surface area contributed by atoms with Crippen molar-refractivity contribution in [3.05, 3.63) is 41.9 Å². The highest BCUT2D eigenvalue weighted by molar-refractivity contribution is 6.33. The van der Waals surface area contributed by atoms with E-state index in [-0.39, 0.29) is 12.2 Å². The molecule has 0 saturated carbocycles. The van der Waals surface area contributed by atoms with Crippen LogP contribution in [0.2, 0.25) is 0 Å². The molecule has 2 aromatic rings. The first-order valence-corrected chi connectivity index (χ1v) is 9.07. The number of nitrogens with zero attached hydrogens (tertiary/aromatic N) is 3. The first-order chi connectivity index (χ1) is 13.1. The van der Waals surface area contributed by atoms with Gasteiger partial charge in [-0.1, -0.05) is 24.6 Å². The lowest BCUT2D eigenvalue weighted by Gasteiger charge is -2.05. The fraction of sp³-hybridized carbons (Fsp3) is 0.350. The van der Waals surface area contributed by atoms with E-state index in [0.717, 1.165) is 36.3 Å². The molecule has 1 aliphatic heterocycles. The van der Waals surface area contributed by atoms with Gasteiger partial charge < -0.3 is 10.4 Å². The molecular weight excluding hydrogens is 344 g/mol. The number of rotatable bonds is 6. The summed E-state index contributed by atoms with van der Waals surface area (Å²) in [5.41, 5.74) is 1.70. The fourth-order valence-electron chi connectivity index (χ4n) is 2.89. The summed E-state index contributed by atoms with van der Waals surface area (Å²) in [7, 11) is 0. The summed E-state index contributed by atoms with van der Waals surface area (Å²) in [6, 6.07) is 5.73. The van der Waals surface area contributed by atoms with E-state index in [4.69, 9.17) is 5.11 Å². The number of amidine groups is 1. The molecule has 27 heavy (non-hydrogen) atoms. The second-order valence-electron chi connectivity index (χ2n) is 6.43. The zero-order chi connectivity index (χ0) is 19.1. The Labute approximate surface area is 157 Å². The molecule has 0 bridgehead atoms. The molecule has 0 fully saturated rings. The van der Waals surface area contributed by atoms with Gasteiger partial charge in [0.2, 0.25) is 5.78 Å². The smallest absolute Gasteiger partial charge is 0.372 e. The average Bonchev–Trinajstić information content (AvgIpc) is 2.94. The Morgan fingerprint density at radius 3 is 2.96 bits per heavy atom. The third-order valence-electron chi connectivity index (χ3n) is 4.32. The van der Waals surface area contributed by atoms with Gasteiger partial charge in [0.15, 0.2) is 0 Å². The van der Waals surface area contributed by atoms with E-state index in [1.807, 2.05) is 24.3 Å². The van der Waals surface area contributed by atoms with Crippen molar-refractivity contribution in [1.82, 2.24) is 15.3 Å². The lowest BCUT2D eigenvalue weighted by atomic mass is 10.1. The molecule has 0 radical (unpaired) electrons. The first kappa shape index (κ1) is 18.7. The highest BCUT2D eigenvalue weighted by Gasteiger charge is 2.14. The molecule has 2 heterocycles. The van der Waals surface area contributed by atoms with Gasteiger partial charge in [-0.05, 0) is 30.5 Å². The van der Waals surface area contributed by atoms with E-state index >= 15 is 0 Å². The van der Waals surface area contributed by atoms with Crippen LogP contribution in [0.3, 0.4) is 0 Å². The molecule has 7 nitrogen and oxygen atoms in total. The number of carbonyl (C=O) groups excluding carboxylic acids is 1. The third kappa shape index (κ3) is 5.44. The number of carboxylic acid groups (broad SMARTS) is 1. The number of aliphatic carboxylic acids is 1. The van der Waals surface area contributed by atoms with E-state index < -0.39 is 11.8 Å². The molecule has 1 aromatic carbocycles. The summed E-state index contributed by atoms with van der Waals surface area (Å²) >= 11 is 0. The van der Waals surface area contributed by atoms with Gasteiger partial charge in [0.25, 0.3) is 0 Å². The third-order valence-corrected chi connectivity index (χ3v) is 4.32. The summed E-state index contributed by atoms with van der Waals surface area (Å²) in [4.78, 5) is 34.8. The van der Waals surface area contributed by atoms with E-state index in [2.05, 4.69) is 26.4 Å². The van der Waals surface area contributed by atoms with Crippen molar-refractivity contribution in [2.75, 3.05) is 13.1 Å². The zero-order valence-electron chi connectivity index (χ0n) is 15.0. The van der Waals surface area contributed by atoms with Crippen LogP contribution in [0.1, 0.15) is 37.1 Å². The van der Waals surface area contributed by atoms with Crippen molar-refractivity contribution in [2.24, 2.45) is 4.99 Å². The van der Waals surface area contributed by atoms with Gasteiger partial charge in [0.1, 0.15) is 5.82 Å². The lowest BCUT2D eigenvalue weighted by molar-refractivity contribution is -0.148. The molecular formula is C20H22N4O3. The number of fused-ring (bicyclic) bond motifs is 1. The number of carboxylic acids is 1. The summed E-state index contributed by atoms with van der Waals surface area (Å²) in [5, 5.41) is 12.9. The largest absolute Gasteiger partial charge is 0.475 e. The van der Waals surface area contributed by atoms with Crippen LogP contribution in [0, 0.1) is 0 Å². The van der Waals surface area contributed by atoms with Crippen molar-refractivity contribution in [2.45, 2.75) is 32.1 Å². The monoisotopic (exact) mass is 366 g/mol. The van der Waals surface area contributed by atoms with Gasteiger partial charge in [0.05, 0.1) is 17.8 Å². The zero-order valence-corrected chi connectivity index (χ0v) is 15.0. The summed E-state index contributed by atoms with van der Waals surface area (Å²) < 4.78 is 0. The van der Waals surface area contributed by atoms with Gasteiger partial charge in [-0.2, -0.15) is 0 Å². The van der Waals surface area contributed by atoms with Gasteiger partial charge in [-0.25, -0.2) is 14.8 Å². The number of Topliss-reactive ketones (excluding diaryl/α,β-unsaturated/α-hetero) is 1. The maximum atomic E-state index is 11.3. The Bertz CT molecular complexity index is 905. The van der Waals surface area contributed by atoms with Crippen LogP contribution < -0.4 is 5.32 Å². The molecule has 3 rings (SSSR count). The normalized spacial score (nSPS) is 14.7. The highest BCUT2D eigenvalue weighted by atomic mass is 16.4. The summed E-state index contributed by atoms with van der Waals surface area (Å²) in [6.45, 7) is 1.64. The van der Waals surface area contributed by atoms with Crippen LogP contribution in [0.4, 0.5) is 0 Å². The van der Waals surface area contributed by atoms with E-state index in [1.54, 1.807) is 6.20 Å². The van der Waals surface area contributed by atoms with Gasteiger partial charge in [-0.15, -0.1) is 0 Å². The summed E-state index contributed by atoms with van der Waals surface area (Å²) in [6.07, 6.45) is 10.0. The molecule has 7 heteroatoms. The van der Waals surface area contributed by atoms with E-state index in [1.165, 1.54) is 19.3 Å². The number of benzene rings is 1. The van der Waals surface area contributed by atoms with Crippen molar-refractivity contribution in [1.29, 1.82) is 0 Å². The molecule has 0 saturated heterocycles. The molecule has 140 valence electrons. The molecule has 0 spiro atoms. The van der Waals surface area contributed by atoms with E-state index in [0.29, 0.717) is 5.52 Å². The highest BCUT2D eigenvalue weighted by Crippen LogP contribution is 2.15. The minimum absolute atomic E-state index is 0.214. The van der Waals surface area contributed by atoms with Crippen LogP contribution in [-0.2, 0) is 16.0 Å². The fourth-order valence-corrected chi connectivity index (χ4v) is 2.89. The Kier molecular flexibility index (Phi) is 6.25.